The largest absolute Gasteiger partial charge is 0.367 e. The van der Waals surface area contributed by atoms with E-state index in [0.29, 0.717) is 6.04 Å². The Morgan fingerprint density at radius 2 is 1.83 bits per heavy atom. The van der Waals surface area contributed by atoms with Crippen molar-refractivity contribution in [3.63, 3.8) is 0 Å². The highest BCUT2D eigenvalue weighted by molar-refractivity contribution is 7.99. The van der Waals surface area contributed by atoms with Gasteiger partial charge < -0.3 is 5.32 Å². The van der Waals surface area contributed by atoms with Crippen LogP contribution in [0.2, 0.25) is 0 Å². The number of aromatic nitrogens is 2. The van der Waals surface area contributed by atoms with Gasteiger partial charge in [-0.1, -0.05) is 31.4 Å². The molecule has 1 saturated heterocycles. The van der Waals surface area contributed by atoms with Crippen molar-refractivity contribution >= 4 is 28.5 Å². The summed E-state index contributed by atoms with van der Waals surface area (Å²) in [6.07, 6.45) is 6.56. The van der Waals surface area contributed by atoms with Gasteiger partial charge in [-0.2, -0.15) is 11.8 Å². The highest BCUT2D eigenvalue weighted by Gasteiger charge is 2.17. The van der Waals surface area contributed by atoms with Gasteiger partial charge in [0.25, 0.3) is 0 Å². The topological polar surface area (TPSA) is 41.1 Å². The summed E-state index contributed by atoms with van der Waals surface area (Å²) in [4.78, 5) is 12.2. The van der Waals surface area contributed by atoms with Crippen molar-refractivity contribution in [1.29, 1.82) is 0 Å². The maximum Gasteiger partial charge on any atom is 0.145 e. The molecule has 2 heterocycles. The fraction of sp³-hybridized carbons (Fsp3) is 0.579. The number of anilines is 1. The van der Waals surface area contributed by atoms with Gasteiger partial charge in [-0.25, -0.2) is 9.97 Å². The molecular weight excluding hydrogens is 316 g/mol. The average molecular weight is 343 g/mol. The molecule has 2 aromatic rings. The molecule has 5 heteroatoms. The number of fused-ring (bicyclic) bond motifs is 1. The maximum absolute atomic E-state index is 4.92. The summed E-state index contributed by atoms with van der Waals surface area (Å²) in [6.45, 7) is 3.16. The van der Waals surface area contributed by atoms with Crippen molar-refractivity contribution in [3.05, 3.63) is 30.1 Å². The molecule has 0 bridgehead atoms. The minimum Gasteiger partial charge on any atom is -0.367 e. The Morgan fingerprint density at radius 3 is 2.67 bits per heavy atom. The van der Waals surface area contributed by atoms with E-state index in [1.807, 2.05) is 11.8 Å². The first kappa shape index (κ1) is 16.2. The monoisotopic (exact) mass is 342 g/mol. The van der Waals surface area contributed by atoms with Crippen molar-refractivity contribution in [2.45, 2.75) is 44.7 Å². The zero-order valence-electron chi connectivity index (χ0n) is 14.2. The molecule has 0 unspecified atom stereocenters. The van der Waals surface area contributed by atoms with Gasteiger partial charge in [-0.15, -0.1) is 0 Å². The van der Waals surface area contributed by atoms with Crippen LogP contribution in [0.5, 0.6) is 0 Å². The predicted octanol–water partition coefficient (Wildman–Crippen LogP) is 3.92. The summed E-state index contributed by atoms with van der Waals surface area (Å²) in [7, 11) is 0. The van der Waals surface area contributed by atoms with Crippen LogP contribution in [0, 0.1) is 0 Å². The molecule has 1 aliphatic heterocycles. The van der Waals surface area contributed by atoms with E-state index in [9.17, 15) is 0 Å². The lowest BCUT2D eigenvalue weighted by Gasteiger charge is -2.26. The lowest BCUT2D eigenvalue weighted by Crippen LogP contribution is -2.32. The Balaban J connectivity index is 1.60. The first-order valence-electron chi connectivity index (χ1n) is 9.21. The summed E-state index contributed by atoms with van der Waals surface area (Å²) in [5.41, 5.74) is 1.06. The van der Waals surface area contributed by atoms with Gasteiger partial charge in [0, 0.05) is 36.0 Å². The lowest BCUT2D eigenvalue weighted by molar-refractivity contribution is 0.287. The molecule has 4 rings (SSSR count). The second-order valence-corrected chi connectivity index (χ2v) is 8.10. The zero-order valence-corrected chi connectivity index (χ0v) is 15.0. The molecule has 1 saturated carbocycles. The van der Waals surface area contributed by atoms with Crippen LogP contribution in [0.15, 0.2) is 24.3 Å². The number of nitrogens with one attached hydrogen (secondary N) is 1. The second-order valence-electron chi connectivity index (χ2n) is 6.87. The fourth-order valence-corrected chi connectivity index (χ4v) is 4.68. The predicted molar refractivity (Wildman–Crippen MR) is 103 cm³/mol. The van der Waals surface area contributed by atoms with Crippen molar-refractivity contribution in [2.24, 2.45) is 0 Å². The normalized spacial score (nSPS) is 20.3. The van der Waals surface area contributed by atoms with Crippen LogP contribution in [0.4, 0.5) is 5.82 Å². The Kier molecular flexibility index (Phi) is 5.18. The highest BCUT2D eigenvalue weighted by Crippen LogP contribution is 2.26. The van der Waals surface area contributed by atoms with E-state index < -0.39 is 0 Å². The number of thioether (sulfide) groups is 1. The smallest absolute Gasteiger partial charge is 0.145 e. The van der Waals surface area contributed by atoms with Crippen LogP contribution in [-0.4, -0.2) is 45.5 Å². The third-order valence-corrected chi connectivity index (χ3v) is 6.01. The molecule has 24 heavy (non-hydrogen) atoms. The van der Waals surface area contributed by atoms with Gasteiger partial charge in [-0.3, -0.25) is 4.90 Å². The molecule has 1 aromatic heterocycles. The molecular formula is C19H26N4S. The van der Waals surface area contributed by atoms with Crippen LogP contribution in [0.1, 0.15) is 37.9 Å². The van der Waals surface area contributed by atoms with Crippen LogP contribution in [-0.2, 0) is 6.54 Å². The number of hydrogen-bond donors (Lipinski definition) is 1. The minimum absolute atomic E-state index is 0.566. The molecule has 2 aliphatic rings. The Bertz CT molecular complexity index is 678. The molecule has 1 aliphatic carbocycles. The van der Waals surface area contributed by atoms with E-state index in [1.54, 1.807) is 0 Å². The molecule has 4 nitrogen and oxygen atoms in total. The van der Waals surface area contributed by atoms with Crippen molar-refractivity contribution in [3.8, 4) is 0 Å². The number of benzene rings is 1. The molecule has 1 N–H and O–H groups in total. The van der Waals surface area contributed by atoms with Gasteiger partial charge in [0.05, 0.1) is 12.1 Å². The Labute approximate surface area is 148 Å². The van der Waals surface area contributed by atoms with Gasteiger partial charge in [0.1, 0.15) is 11.6 Å². The van der Waals surface area contributed by atoms with E-state index in [1.165, 1.54) is 43.6 Å². The molecule has 1 aromatic carbocycles. The van der Waals surface area contributed by atoms with Crippen LogP contribution in [0.3, 0.4) is 0 Å². The third kappa shape index (κ3) is 3.83. The summed E-state index contributed by atoms with van der Waals surface area (Å²) in [5, 5.41) is 4.88. The van der Waals surface area contributed by atoms with E-state index in [0.717, 1.165) is 42.2 Å². The highest BCUT2D eigenvalue weighted by atomic mass is 32.2. The van der Waals surface area contributed by atoms with Crippen molar-refractivity contribution < 1.29 is 0 Å². The van der Waals surface area contributed by atoms with E-state index in [-0.39, 0.29) is 0 Å². The summed E-state index contributed by atoms with van der Waals surface area (Å²) < 4.78 is 0. The van der Waals surface area contributed by atoms with Gasteiger partial charge in [-0.05, 0) is 25.0 Å². The van der Waals surface area contributed by atoms with Gasteiger partial charge >= 0.3 is 0 Å². The number of nitrogens with zero attached hydrogens (tertiary/aromatic N) is 3. The van der Waals surface area contributed by atoms with Crippen LogP contribution >= 0.6 is 11.8 Å². The van der Waals surface area contributed by atoms with Crippen molar-refractivity contribution in [2.75, 3.05) is 29.9 Å². The quantitative estimate of drug-likeness (QED) is 0.912. The SMILES string of the molecule is c1ccc2c(NC3CCCCC3)nc(CN3CCSCC3)nc2c1. The molecule has 0 radical (unpaired) electrons. The Morgan fingerprint density at radius 1 is 1.04 bits per heavy atom. The molecule has 0 spiro atoms. The van der Waals surface area contributed by atoms with Crippen LogP contribution < -0.4 is 5.32 Å². The van der Waals surface area contributed by atoms with E-state index in [4.69, 9.17) is 9.97 Å². The van der Waals surface area contributed by atoms with Gasteiger partial charge in [0.2, 0.25) is 0 Å². The average Bonchev–Trinajstić information content (AvgIpc) is 2.63. The number of rotatable bonds is 4. The number of para-hydroxylation sites is 1. The zero-order chi connectivity index (χ0) is 16.2. The lowest BCUT2D eigenvalue weighted by atomic mass is 9.95. The van der Waals surface area contributed by atoms with Crippen molar-refractivity contribution in [1.82, 2.24) is 14.9 Å². The maximum atomic E-state index is 4.92. The van der Waals surface area contributed by atoms with Gasteiger partial charge in [0.15, 0.2) is 0 Å². The van der Waals surface area contributed by atoms with E-state index >= 15 is 0 Å². The standard InChI is InChI=1S/C19H26N4S/c1-2-6-15(7-3-1)20-19-16-8-4-5-9-17(16)21-18(22-19)14-23-10-12-24-13-11-23/h4-5,8-9,15H,1-3,6-7,10-14H2,(H,20,21,22). The second kappa shape index (κ2) is 7.70. The minimum atomic E-state index is 0.566. The third-order valence-electron chi connectivity index (χ3n) is 5.06. The summed E-state index contributed by atoms with van der Waals surface area (Å²) in [6, 6.07) is 8.97. The summed E-state index contributed by atoms with van der Waals surface area (Å²) in [5.74, 6) is 4.44. The fourth-order valence-electron chi connectivity index (χ4n) is 3.70. The first-order valence-corrected chi connectivity index (χ1v) is 10.4. The Hall–Kier alpha value is -1.33. The summed E-state index contributed by atoms with van der Waals surface area (Å²) >= 11 is 2.04. The van der Waals surface area contributed by atoms with E-state index in [2.05, 4.69) is 34.5 Å². The molecule has 128 valence electrons. The van der Waals surface area contributed by atoms with Crippen LogP contribution in [0.25, 0.3) is 10.9 Å². The molecule has 0 amide bonds. The molecule has 0 atom stereocenters. The molecule has 2 fully saturated rings. The number of hydrogen-bond acceptors (Lipinski definition) is 5. The first-order chi connectivity index (χ1) is 11.9.